The minimum atomic E-state index is 0.569. The third kappa shape index (κ3) is 4.08. The summed E-state index contributed by atoms with van der Waals surface area (Å²) >= 11 is 5.62. The summed E-state index contributed by atoms with van der Waals surface area (Å²) < 4.78 is 0. The highest BCUT2D eigenvalue weighted by Gasteiger charge is 2.00. The average molecular weight is 200 g/mol. The van der Waals surface area contributed by atoms with Gasteiger partial charge in [-0.3, -0.25) is 4.98 Å². The van der Waals surface area contributed by atoms with Gasteiger partial charge in [0.2, 0.25) is 0 Å². The minimum Gasteiger partial charge on any atom is -0.369 e. The lowest BCUT2D eigenvalue weighted by Gasteiger charge is -2.10. The first-order chi connectivity index (χ1) is 6.33. The monoisotopic (exact) mass is 199 g/mol. The second-order valence-electron chi connectivity index (χ2n) is 3.05. The van der Waals surface area contributed by atoms with Crippen LogP contribution in [0.15, 0.2) is 18.6 Å². The number of hydrogen-bond donors (Lipinski definition) is 1. The van der Waals surface area contributed by atoms with Crippen molar-refractivity contribution in [3.63, 3.8) is 0 Å². The molecule has 0 fully saturated rings. The summed E-state index contributed by atoms with van der Waals surface area (Å²) in [4.78, 5) is 8.06. The fraction of sp³-hybridized carbons (Fsp3) is 0.556. The highest BCUT2D eigenvalue weighted by atomic mass is 35.5. The van der Waals surface area contributed by atoms with Crippen LogP contribution in [-0.4, -0.2) is 22.4 Å². The molecule has 72 valence electrons. The fourth-order valence-corrected chi connectivity index (χ4v) is 1.33. The Balaban J connectivity index is 2.27. The average Bonchev–Trinajstić information content (AvgIpc) is 2.17. The van der Waals surface area contributed by atoms with Crippen LogP contribution in [0.2, 0.25) is 0 Å². The van der Waals surface area contributed by atoms with E-state index in [1.807, 2.05) is 0 Å². The maximum absolute atomic E-state index is 5.62. The van der Waals surface area contributed by atoms with Gasteiger partial charge >= 0.3 is 0 Å². The third-order valence-electron chi connectivity index (χ3n) is 1.80. The second-order valence-corrected chi connectivity index (χ2v) is 3.43. The van der Waals surface area contributed by atoms with Gasteiger partial charge in [-0.25, -0.2) is 4.98 Å². The maximum atomic E-state index is 5.62. The summed E-state index contributed by atoms with van der Waals surface area (Å²) in [7, 11) is 0. The Morgan fingerprint density at radius 2 is 2.38 bits per heavy atom. The molecule has 1 aromatic heterocycles. The van der Waals surface area contributed by atoms with Crippen molar-refractivity contribution in [3.05, 3.63) is 18.6 Å². The number of hydrogen-bond acceptors (Lipinski definition) is 3. The number of nitrogens with one attached hydrogen (secondary N) is 1. The van der Waals surface area contributed by atoms with Crippen LogP contribution in [0, 0.1) is 5.92 Å². The number of aromatic nitrogens is 2. The van der Waals surface area contributed by atoms with Crippen molar-refractivity contribution in [2.45, 2.75) is 13.3 Å². The summed E-state index contributed by atoms with van der Waals surface area (Å²) in [6, 6.07) is 0. The molecule has 0 aliphatic heterocycles. The molecule has 0 saturated carbocycles. The summed E-state index contributed by atoms with van der Waals surface area (Å²) in [5, 5.41) is 3.20. The van der Waals surface area contributed by atoms with E-state index in [2.05, 4.69) is 22.2 Å². The maximum Gasteiger partial charge on any atom is 0.144 e. The van der Waals surface area contributed by atoms with Crippen molar-refractivity contribution in [3.8, 4) is 0 Å². The van der Waals surface area contributed by atoms with Gasteiger partial charge in [-0.1, -0.05) is 6.92 Å². The largest absolute Gasteiger partial charge is 0.369 e. The molecule has 1 N–H and O–H groups in total. The zero-order valence-electron chi connectivity index (χ0n) is 7.70. The standard InChI is InChI=1S/C9H14ClN3/c1-8(2-3-10)6-13-9-7-11-4-5-12-9/h4-5,7-8H,2-3,6H2,1H3,(H,12,13). The smallest absolute Gasteiger partial charge is 0.144 e. The van der Waals surface area contributed by atoms with E-state index >= 15 is 0 Å². The Hall–Kier alpha value is -0.830. The van der Waals surface area contributed by atoms with Crippen molar-refractivity contribution < 1.29 is 0 Å². The van der Waals surface area contributed by atoms with Crippen molar-refractivity contribution in [2.24, 2.45) is 5.92 Å². The molecule has 0 aromatic carbocycles. The van der Waals surface area contributed by atoms with Crippen molar-refractivity contribution >= 4 is 17.4 Å². The molecule has 1 heterocycles. The quantitative estimate of drug-likeness (QED) is 0.739. The highest BCUT2D eigenvalue weighted by molar-refractivity contribution is 6.17. The van der Waals surface area contributed by atoms with E-state index in [1.165, 1.54) is 0 Å². The van der Waals surface area contributed by atoms with Gasteiger partial charge in [0.1, 0.15) is 5.82 Å². The van der Waals surface area contributed by atoms with E-state index in [0.717, 1.165) is 18.8 Å². The lowest BCUT2D eigenvalue weighted by Crippen LogP contribution is -2.12. The Kier molecular flexibility index (Phi) is 4.54. The summed E-state index contributed by atoms with van der Waals surface area (Å²) in [6.07, 6.45) is 6.07. The van der Waals surface area contributed by atoms with Gasteiger partial charge in [-0.05, 0) is 12.3 Å². The number of halogens is 1. The summed E-state index contributed by atoms with van der Waals surface area (Å²) in [6.45, 7) is 3.05. The highest BCUT2D eigenvalue weighted by Crippen LogP contribution is 2.05. The molecule has 0 radical (unpaired) electrons. The van der Waals surface area contributed by atoms with Gasteiger partial charge < -0.3 is 5.32 Å². The Morgan fingerprint density at radius 3 is 3.00 bits per heavy atom. The Morgan fingerprint density at radius 1 is 1.54 bits per heavy atom. The molecule has 1 atom stereocenters. The van der Waals surface area contributed by atoms with Gasteiger partial charge in [0.15, 0.2) is 0 Å². The van der Waals surface area contributed by atoms with E-state index < -0.39 is 0 Å². The first-order valence-electron chi connectivity index (χ1n) is 4.38. The predicted molar refractivity (Wildman–Crippen MR) is 55.0 cm³/mol. The molecule has 3 nitrogen and oxygen atoms in total. The van der Waals surface area contributed by atoms with Crippen LogP contribution in [0.4, 0.5) is 5.82 Å². The van der Waals surface area contributed by atoms with Crippen LogP contribution < -0.4 is 5.32 Å². The van der Waals surface area contributed by atoms with Gasteiger partial charge in [0.25, 0.3) is 0 Å². The van der Waals surface area contributed by atoms with E-state index in [0.29, 0.717) is 11.8 Å². The molecular weight excluding hydrogens is 186 g/mol. The minimum absolute atomic E-state index is 0.569. The van der Waals surface area contributed by atoms with Crippen molar-refractivity contribution in [2.75, 3.05) is 17.7 Å². The molecular formula is C9H14ClN3. The van der Waals surface area contributed by atoms with Gasteiger partial charge in [0, 0.05) is 24.8 Å². The predicted octanol–water partition coefficient (Wildman–Crippen LogP) is 2.15. The third-order valence-corrected chi connectivity index (χ3v) is 2.01. The van der Waals surface area contributed by atoms with Crippen LogP contribution >= 0.6 is 11.6 Å². The van der Waals surface area contributed by atoms with Crippen molar-refractivity contribution in [1.29, 1.82) is 0 Å². The van der Waals surface area contributed by atoms with Gasteiger partial charge in [0.05, 0.1) is 6.20 Å². The normalized spacial score (nSPS) is 12.5. The molecule has 4 heteroatoms. The fourth-order valence-electron chi connectivity index (χ4n) is 0.958. The van der Waals surface area contributed by atoms with Crippen LogP contribution in [0.5, 0.6) is 0 Å². The molecule has 0 amide bonds. The molecule has 0 aliphatic carbocycles. The molecule has 1 unspecified atom stereocenters. The molecule has 1 aromatic rings. The topological polar surface area (TPSA) is 37.8 Å². The molecule has 0 bridgehead atoms. The molecule has 0 spiro atoms. The Bertz CT molecular complexity index is 228. The van der Waals surface area contributed by atoms with Crippen LogP contribution in [0.1, 0.15) is 13.3 Å². The van der Waals surface area contributed by atoms with Crippen LogP contribution in [0.25, 0.3) is 0 Å². The second kappa shape index (κ2) is 5.75. The van der Waals surface area contributed by atoms with Gasteiger partial charge in [-0.15, -0.1) is 11.6 Å². The molecule has 1 rings (SSSR count). The zero-order valence-corrected chi connectivity index (χ0v) is 8.46. The van der Waals surface area contributed by atoms with Gasteiger partial charge in [-0.2, -0.15) is 0 Å². The van der Waals surface area contributed by atoms with E-state index in [9.17, 15) is 0 Å². The number of anilines is 1. The first-order valence-corrected chi connectivity index (χ1v) is 4.92. The molecule has 0 aliphatic rings. The van der Waals surface area contributed by atoms with Crippen molar-refractivity contribution in [1.82, 2.24) is 9.97 Å². The summed E-state index contributed by atoms with van der Waals surface area (Å²) in [5.74, 6) is 2.10. The van der Waals surface area contributed by atoms with E-state index in [4.69, 9.17) is 11.6 Å². The van der Waals surface area contributed by atoms with E-state index in [-0.39, 0.29) is 0 Å². The molecule has 0 saturated heterocycles. The SMILES string of the molecule is CC(CCCl)CNc1cnccn1. The number of rotatable bonds is 5. The Labute approximate surface area is 83.5 Å². The zero-order chi connectivity index (χ0) is 9.52. The van der Waals surface area contributed by atoms with Crippen LogP contribution in [-0.2, 0) is 0 Å². The summed E-state index contributed by atoms with van der Waals surface area (Å²) in [5.41, 5.74) is 0. The first kappa shape index (κ1) is 10.3. The molecule has 13 heavy (non-hydrogen) atoms. The van der Waals surface area contributed by atoms with E-state index in [1.54, 1.807) is 18.6 Å². The van der Waals surface area contributed by atoms with Crippen LogP contribution in [0.3, 0.4) is 0 Å². The number of nitrogens with zero attached hydrogens (tertiary/aromatic N) is 2. The lowest BCUT2D eigenvalue weighted by molar-refractivity contribution is 0.596. The number of alkyl halides is 1. The lowest BCUT2D eigenvalue weighted by atomic mass is 10.1.